The number of halogens is 1. The molecule has 20 heavy (non-hydrogen) atoms. The van der Waals surface area contributed by atoms with Gasteiger partial charge in [0, 0.05) is 18.8 Å². The third-order valence-corrected chi connectivity index (χ3v) is 2.62. The van der Waals surface area contributed by atoms with Crippen LogP contribution in [0.3, 0.4) is 0 Å². The molecule has 0 spiro atoms. The second kappa shape index (κ2) is 6.10. The summed E-state index contributed by atoms with van der Waals surface area (Å²) in [6.07, 6.45) is 1.40. The van der Waals surface area contributed by atoms with Crippen molar-refractivity contribution in [3.8, 4) is 11.4 Å². The Hall–Kier alpha value is -2.50. The van der Waals surface area contributed by atoms with Crippen molar-refractivity contribution in [2.45, 2.75) is 6.92 Å². The summed E-state index contributed by atoms with van der Waals surface area (Å²) in [6.45, 7) is 2.01. The van der Waals surface area contributed by atoms with Gasteiger partial charge in [-0.1, -0.05) is 0 Å². The number of carbonyl (C=O) groups is 1. The van der Waals surface area contributed by atoms with Crippen LogP contribution in [0.25, 0.3) is 11.4 Å². The van der Waals surface area contributed by atoms with Gasteiger partial charge >= 0.3 is 5.97 Å². The zero-order chi connectivity index (χ0) is 14.5. The molecule has 0 fully saturated rings. The van der Waals surface area contributed by atoms with E-state index in [2.05, 4.69) is 15.3 Å². The smallest absolute Gasteiger partial charge is 0.343 e. The van der Waals surface area contributed by atoms with Gasteiger partial charge in [-0.05, 0) is 31.2 Å². The highest BCUT2D eigenvalue weighted by molar-refractivity contribution is 5.94. The number of esters is 1. The van der Waals surface area contributed by atoms with Gasteiger partial charge in [-0.2, -0.15) is 0 Å². The highest BCUT2D eigenvalue weighted by atomic mass is 19.1. The Kier molecular flexibility index (Phi) is 4.24. The average Bonchev–Trinajstić information content (AvgIpc) is 2.47. The number of nitrogens with one attached hydrogen (secondary N) is 1. The van der Waals surface area contributed by atoms with Gasteiger partial charge in [-0.3, -0.25) is 0 Å². The molecule has 2 aromatic rings. The summed E-state index contributed by atoms with van der Waals surface area (Å²) in [4.78, 5) is 20.1. The van der Waals surface area contributed by atoms with E-state index in [4.69, 9.17) is 4.74 Å². The highest BCUT2D eigenvalue weighted by Gasteiger charge is 2.15. The first kappa shape index (κ1) is 13.9. The zero-order valence-electron chi connectivity index (χ0n) is 11.2. The standard InChI is InChI=1S/C14H14FN3O2/c1-3-20-14(19)11-8-17-12(18-13(11)16-2)9-4-6-10(15)7-5-9/h4-8H,3H2,1-2H3,(H,16,17,18). The van der Waals surface area contributed by atoms with Gasteiger partial charge in [0.25, 0.3) is 0 Å². The third-order valence-electron chi connectivity index (χ3n) is 2.62. The molecule has 0 unspecified atom stereocenters. The quantitative estimate of drug-likeness (QED) is 0.868. The van der Waals surface area contributed by atoms with Crippen LogP contribution in [-0.2, 0) is 4.74 Å². The van der Waals surface area contributed by atoms with E-state index in [0.717, 1.165) is 0 Å². The molecule has 6 heteroatoms. The molecule has 0 aliphatic rings. The molecule has 0 atom stereocenters. The van der Waals surface area contributed by atoms with Gasteiger partial charge in [0.05, 0.1) is 6.61 Å². The molecular weight excluding hydrogens is 261 g/mol. The van der Waals surface area contributed by atoms with Crippen LogP contribution < -0.4 is 5.32 Å². The fourth-order valence-electron chi connectivity index (χ4n) is 1.67. The van der Waals surface area contributed by atoms with Crippen LogP contribution in [0.5, 0.6) is 0 Å². The van der Waals surface area contributed by atoms with Crippen LogP contribution in [0.2, 0.25) is 0 Å². The average molecular weight is 275 g/mol. The number of aromatic nitrogens is 2. The van der Waals surface area contributed by atoms with Gasteiger partial charge < -0.3 is 10.1 Å². The van der Waals surface area contributed by atoms with Gasteiger partial charge in [0.15, 0.2) is 5.82 Å². The minimum atomic E-state index is -0.484. The Bertz CT molecular complexity index is 614. The fraction of sp³-hybridized carbons (Fsp3) is 0.214. The maximum atomic E-state index is 12.9. The van der Waals surface area contributed by atoms with Crippen LogP contribution >= 0.6 is 0 Å². The molecule has 0 bridgehead atoms. The first-order valence-electron chi connectivity index (χ1n) is 6.13. The molecule has 0 radical (unpaired) electrons. The molecule has 1 heterocycles. The van der Waals surface area contributed by atoms with Crippen molar-refractivity contribution in [2.24, 2.45) is 0 Å². The second-order valence-electron chi connectivity index (χ2n) is 3.93. The molecule has 2 rings (SSSR count). The van der Waals surface area contributed by atoms with E-state index in [1.807, 2.05) is 0 Å². The number of nitrogens with zero attached hydrogens (tertiary/aromatic N) is 2. The summed E-state index contributed by atoms with van der Waals surface area (Å²) in [7, 11) is 1.65. The summed E-state index contributed by atoms with van der Waals surface area (Å²) in [5, 5.41) is 2.83. The van der Waals surface area contributed by atoms with E-state index in [1.54, 1.807) is 26.1 Å². The zero-order valence-corrected chi connectivity index (χ0v) is 11.2. The highest BCUT2D eigenvalue weighted by Crippen LogP contribution is 2.20. The number of hydrogen-bond donors (Lipinski definition) is 1. The Morgan fingerprint density at radius 3 is 2.65 bits per heavy atom. The predicted octanol–water partition coefficient (Wildman–Crippen LogP) is 2.50. The maximum absolute atomic E-state index is 12.9. The van der Waals surface area contributed by atoms with Gasteiger partial charge in [-0.15, -0.1) is 0 Å². The summed E-state index contributed by atoms with van der Waals surface area (Å²) >= 11 is 0. The van der Waals surface area contributed by atoms with Crippen molar-refractivity contribution < 1.29 is 13.9 Å². The van der Waals surface area contributed by atoms with Crippen LogP contribution in [0.4, 0.5) is 10.2 Å². The molecule has 104 valence electrons. The van der Waals surface area contributed by atoms with Crippen molar-refractivity contribution in [2.75, 3.05) is 19.0 Å². The van der Waals surface area contributed by atoms with Crippen molar-refractivity contribution in [3.05, 3.63) is 41.8 Å². The van der Waals surface area contributed by atoms with E-state index in [-0.39, 0.29) is 18.0 Å². The molecule has 0 aliphatic heterocycles. The SMILES string of the molecule is CCOC(=O)c1cnc(-c2ccc(F)cc2)nc1NC. The number of rotatable bonds is 4. The number of anilines is 1. The molecule has 0 aliphatic carbocycles. The van der Waals surface area contributed by atoms with Gasteiger partial charge in [-0.25, -0.2) is 19.2 Å². The molecule has 1 aromatic carbocycles. The summed E-state index contributed by atoms with van der Waals surface area (Å²) < 4.78 is 17.8. The molecular formula is C14H14FN3O2. The Labute approximate surface area is 115 Å². The molecule has 0 amide bonds. The first-order valence-corrected chi connectivity index (χ1v) is 6.13. The van der Waals surface area contributed by atoms with Crippen LogP contribution in [0.15, 0.2) is 30.5 Å². The largest absolute Gasteiger partial charge is 0.462 e. The van der Waals surface area contributed by atoms with E-state index in [1.165, 1.54) is 18.3 Å². The minimum absolute atomic E-state index is 0.264. The first-order chi connectivity index (χ1) is 9.65. The number of carbonyl (C=O) groups excluding carboxylic acids is 1. The fourth-order valence-corrected chi connectivity index (χ4v) is 1.67. The van der Waals surface area contributed by atoms with Crippen molar-refractivity contribution >= 4 is 11.8 Å². The lowest BCUT2D eigenvalue weighted by molar-refractivity contribution is 0.0526. The molecule has 1 aromatic heterocycles. The Balaban J connectivity index is 2.38. The molecule has 0 saturated heterocycles. The van der Waals surface area contributed by atoms with E-state index in [9.17, 15) is 9.18 Å². The third kappa shape index (κ3) is 2.90. The predicted molar refractivity (Wildman–Crippen MR) is 72.9 cm³/mol. The summed E-state index contributed by atoms with van der Waals surface area (Å²) in [6, 6.07) is 5.82. The Morgan fingerprint density at radius 1 is 1.35 bits per heavy atom. The van der Waals surface area contributed by atoms with Gasteiger partial charge in [0.1, 0.15) is 17.2 Å². The lowest BCUT2D eigenvalue weighted by Crippen LogP contribution is -2.10. The molecule has 5 nitrogen and oxygen atoms in total. The molecule has 0 saturated carbocycles. The van der Waals surface area contributed by atoms with Crippen LogP contribution in [0.1, 0.15) is 17.3 Å². The van der Waals surface area contributed by atoms with Crippen molar-refractivity contribution in [3.63, 3.8) is 0 Å². The number of benzene rings is 1. The van der Waals surface area contributed by atoms with Crippen LogP contribution in [0, 0.1) is 5.82 Å². The number of hydrogen-bond acceptors (Lipinski definition) is 5. The topological polar surface area (TPSA) is 64.1 Å². The lowest BCUT2D eigenvalue weighted by Gasteiger charge is -2.09. The summed E-state index contributed by atoms with van der Waals surface area (Å²) in [5.41, 5.74) is 0.929. The Morgan fingerprint density at radius 2 is 2.05 bits per heavy atom. The van der Waals surface area contributed by atoms with E-state index < -0.39 is 5.97 Å². The van der Waals surface area contributed by atoms with Gasteiger partial charge in [0.2, 0.25) is 0 Å². The maximum Gasteiger partial charge on any atom is 0.343 e. The minimum Gasteiger partial charge on any atom is -0.462 e. The lowest BCUT2D eigenvalue weighted by atomic mass is 10.2. The van der Waals surface area contributed by atoms with E-state index >= 15 is 0 Å². The van der Waals surface area contributed by atoms with E-state index in [0.29, 0.717) is 17.2 Å². The normalized spacial score (nSPS) is 10.2. The monoisotopic (exact) mass is 275 g/mol. The molecule has 1 N–H and O–H groups in total. The van der Waals surface area contributed by atoms with Crippen molar-refractivity contribution in [1.82, 2.24) is 9.97 Å². The van der Waals surface area contributed by atoms with Crippen molar-refractivity contribution in [1.29, 1.82) is 0 Å². The van der Waals surface area contributed by atoms with Crippen LogP contribution in [-0.4, -0.2) is 29.6 Å². The second-order valence-corrected chi connectivity index (χ2v) is 3.93. The number of ether oxygens (including phenoxy) is 1. The summed E-state index contributed by atoms with van der Waals surface area (Å²) in [5.74, 6) is -0.0339.